The number of aldehydes is 1. The molecule has 0 atom stereocenters. The standard InChI is InChI=1S/C15H11ClFN3O2.C8H17NO.C4H9N/c1-22-13-6-11-8(5-12(13)21)15(19-7-18-11)20-10-4-2-3-9(16)14(10)17;1-3-4-5-6-9(2)7-8-10;1-5-3-2-4-5/h2-7,21H,1H3,(H,18,19,20);8H,3-7H2,1-2H3;2-4H2,1H3. The van der Waals surface area contributed by atoms with Gasteiger partial charge in [0.15, 0.2) is 17.3 Å². The highest BCUT2D eigenvalue weighted by Crippen LogP contribution is 2.34. The van der Waals surface area contributed by atoms with Crippen molar-refractivity contribution in [2.75, 3.05) is 52.7 Å². The molecule has 202 valence electrons. The number of aromatic nitrogens is 2. The number of ether oxygens (including phenoxy) is 1. The lowest BCUT2D eigenvalue weighted by Crippen LogP contribution is -2.32. The maximum absolute atomic E-state index is 14.0. The fourth-order valence-electron chi connectivity index (χ4n) is 3.39. The summed E-state index contributed by atoms with van der Waals surface area (Å²) in [5.74, 6) is 0.0169. The van der Waals surface area contributed by atoms with E-state index < -0.39 is 5.82 Å². The van der Waals surface area contributed by atoms with E-state index in [0.717, 1.165) is 12.8 Å². The van der Waals surface area contributed by atoms with Crippen LogP contribution in [0.1, 0.15) is 32.6 Å². The van der Waals surface area contributed by atoms with Crippen LogP contribution in [0, 0.1) is 5.82 Å². The third kappa shape index (κ3) is 9.76. The molecule has 8 nitrogen and oxygen atoms in total. The molecule has 0 radical (unpaired) electrons. The average Bonchev–Trinajstić information content (AvgIpc) is 2.86. The third-order valence-electron chi connectivity index (χ3n) is 5.75. The van der Waals surface area contributed by atoms with Crippen LogP contribution in [-0.2, 0) is 4.79 Å². The molecule has 37 heavy (non-hydrogen) atoms. The third-order valence-corrected chi connectivity index (χ3v) is 6.04. The van der Waals surface area contributed by atoms with Gasteiger partial charge in [0.25, 0.3) is 0 Å². The zero-order valence-corrected chi connectivity index (χ0v) is 22.8. The van der Waals surface area contributed by atoms with Crippen molar-refractivity contribution in [3.63, 3.8) is 0 Å². The van der Waals surface area contributed by atoms with Crippen LogP contribution in [0.25, 0.3) is 10.9 Å². The molecule has 1 aromatic heterocycles. The number of benzene rings is 2. The van der Waals surface area contributed by atoms with Crippen LogP contribution in [0.2, 0.25) is 5.02 Å². The van der Waals surface area contributed by atoms with Crippen LogP contribution in [0.5, 0.6) is 11.5 Å². The molecule has 0 bridgehead atoms. The van der Waals surface area contributed by atoms with Gasteiger partial charge in [-0.25, -0.2) is 14.4 Å². The minimum atomic E-state index is -0.575. The number of unbranched alkanes of at least 4 members (excludes halogenated alkanes) is 2. The normalized spacial score (nSPS) is 12.6. The molecule has 0 amide bonds. The number of phenols is 1. The second-order valence-corrected chi connectivity index (χ2v) is 9.19. The Kier molecular flexibility index (Phi) is 13.0. The second-order valence-electron chi connectivity index (χ2n) is 8.78. The number of phenolic OH excluding ortho intramolecular Hbond substituents is 1. The summed E-state index contributed by atoms with van der Waals surface area (Å²) in [6, 6.07) is 7.65. The lowest BCUT2D eigenvalue weighted by Gasteiger charge is -2.24. The first kappa shape index (κ1) is 30.2. The zero-order chi connectivity index (χ0) is 27.2. The molecule has 1 fully saturated rings. The Bertz CT molecular complexity index is 1130. The smallest absolute Gasteiger partial charge is 0.165 e. The highest BCUT2D eigenvalue weighted by molar-refractivity contribution is 6.31. The Morgan fingerprint density at radius 1 is 1.27 bits per heavy atom. The topological polar surface area (TPSA) is 90.8 Å². The molecule has 0 aliphatic carbocycles. The lowest BCUT2D eigenvalue weighted by molar-refractivity contribution is -0.108. The summed E-state index contributed by atoms with van der Waals surface area (Å²) in [4.78, 5) is 22.6. The molecule has 2 heterocycles. The predicted molar refractivity (Wildman–Crippen MR) is 148 cm³/mol. The summed E-state index contributed by atoms with van der Waals surface area (Å²) in [5.41, 5.74) is 0.734. The van der Waals surface area contributed by atoms with Crippen LogP contribution in [-0.4, -0.2) is 78.5 Å². The van der Waals surface area contributed by atoms with Gasteiger partial charge in [-0.3, -0.25) is 4.90 Å². The molecule has 1 aliphatic heterocycles. The highest BCUT2D eigenvalue weighted by Gasteiger charge is 2.12. The number of methoxy groups -OCH3 is 1. The van der Waals surface area contributed by atoms with Gasteiger partial charge in [-0.15, -0.1) is 0 Å². The molecule has 2 aromatic carbocycles. The van der Waals surface area contributed by atoms with Gasteiger partial charge < -0.3 is 24.9 Å². The Balaban J connectivity index is 0.000000265. The van der Waals surface area contributed by atoms with E-state index in [9.17, 15) is 14.3 Å². The molecule has 1 aliphatic rings. The van der Waals surface area contributed by atoms with Crippen molar-refractivity contribution < 1.29 is 19.0 Å². The number of aromatic hydroxyl groups is 1. The summed E-state index contributed by atoms with van der Waals surface area (Å²) in [7, 11) is 5.57. The molecule has 10 heteroatoms. The van der Waals surface area contributed by atoms with E-state index in [1.54, 1.807) is 18.2 Å². The van der Waals surface area contributed by atoms with Gasteiger partial charge in [-0.1, -0.05) is 37.4 Å². The van der Waals surface area contributed by atoms with Crippen LogP contribution < -0.4 is 10.1 Å². The lowest BCUT2D eigenvalue weighted by atomic mass is 10.2. The van der Waals surface area contributed by atoms with Gasteiger partial charge in [0.1, 0.15) is 18.4 Å². The fraction of sp³-hybridized carbons (Fsp3) is 0.444. The number of rotatable bonds is 9. The van der Waals surface area contributed by atoms with Crippen LogP contribution >= 0.6 is 11.6 Å². The first-order valence-electron chi connectivity index (χ1n) is 12.3. The Morgan fingerprint density at radius 3 is 2.59 bits per heavy atom. The molecule has 1 saturated heterocycles. The summed E-state index contributed by atoms with van der Waals surface area (Å²) >= 11 is 5.76. The van der Waals surface area contributed by atoms with Crippen molar-refractivity contribution in [1.82, 2.24) is 19.8 Å². The molecule has 4 rings (SSSR count). The molecule has 2 N–H and O–H groups in total. The first-order valence-corrected chi connectivity index (χ1v) is 12.7. The van der Waals surface area contributed by atoms with E-state index in [1.807, 2.05) is 11.9 Å². The number of hydrogen-bond acceptors (Lipinski definition) is 8. The van der Waals surface area contributed by atoms with Crippen molar-refractivity contribution in [2.45, 2.75) is 32.6 Å². The summed E-state index contributed by atoms with van der Waals surface area (Å²) in [5, 5.41) is 13.3. The number of hydrogen-bond donors (Lipinski definition) is 2. The summed E-state index contributed by atoms with van der Waals surface area (Å²) < 4.78 is 19.0. The maximum Gasteiger partial charge on any atom is 0.165 e. The van der Waals surface area contributed by atoms with Crippen molar-refractivity contribution in [3.8, 4) is 11.5 Å². The zero-order valence-electron chi connectivity index (χ0n) is 22.0. The Morgan fingerprint density at radius 2 is 2.00 bits per heavy atom. The van der Waals surface area contributed by atoms with Gasteiger partial charge in [0, 0.05) is 11.5 Å². The molecule has 0 unspecified atom stereocenters. The summed E-state index contributed by atoms with van der Waals surface area (Å²) in [6.45, 7) is 6.44. The van der Waals surface area contributed by atoms with E-state index in [1.165, 1.54) is 64.3 Å². The quantitative estimate of drug-likeness (QED) is 0.275. The van der Waals surface area contributed by atoms with Crippen LogP contribution in [0.4, 0.5) is 15.9 Å². The van der Waals surface area contributed by atoms with E-state index in [4.69, 9.17) is 16.3 Å². The van der Waals surface area contributed by atoms with Crippen LogP contribution in [0.3, 0.4) is 0 Å². The minimum absolute atomic E-state index is 0.00729. The number of nitrogens with one attached hydrogen (secondary N) is 1. The van der Waals surface area contributed by atoms with Gasteiger partial charge in [-0.2, -0.15) is 0 Å². The van der Waals surface area contributed by atoms with Crippen molar-refractivity contribution in [2.24, 2.45) is 0 Å². The minimum Gasteiger partial charge on any atom is -0.504 e. The van der Waals surface area contributed by atoms with Gasteiger partial charge >= 0.3 is 0 Å². The Labute approximate surface area is 223 Å². The molecular formula is C27H37ClFN5O3. The van der Waals surface area contributed by atoms with Gasteiger partial charge in [0.05, 0.1) is 29.9 Å². The number of carbonyl (C=O) groups is 1. The van der Waals surface area contributed by atoms with Gasteiger partial charge in [0.2, 0.25) is 0 Å². The van der Waals surface area contributed by atoms with Gasteiger partial charge in [-0.05, 0) is 64.8 Å². The SMILES string of the molecule is CCCCCN(C)CC=O.CN1CCC1.COc1cc2ncnc(Nc3cccc(Cl)c3F)c2cc1O. The van der Waals surface area contributed by atoms with E-state index >= 15 is 0 Å². The number of likely N-dealkylation sites (N-methyl/N-ethyl adjacent to an activating group) is 1. The van der Waals surface area contributed by atoms with Crippen molar-refractivity contribution in [1.29, 1.82) is 0 Å². The number of anilines is 2. The van der Waals surface area contributed by atoms with E-state index in [0.29, 0.717) is 29.0 Å². The van der Waals surface area contributed by atoms with Crippen molar-refractivity contribution in [3.05, 3.63) is 47.5 Å². The largest absolute Gasteiger partial charge is 0.504 e. The number of carbonyl (C=O) groups excluding carboxylic acids is 1. The number of fused-ring (bicyclic) bond motifs is 1. The molecule has 0 spiro atoms. The first-order chi connectivity index (χ1) is 17.8. The maximum atomic E-state index is 14.0. The number of nitrogens with zero attached hydrogens (tertiary/aromatic N) is 4. The second kappa shape index (κ2) is 16.0. The highest BCUT2D eigenvalue weighted by atomic mass is 35.5. The molecular weight excluding hydrogens is 497 g/mol. The number of likely N-dealkylation sites (tertiary alicyclic amines) is 1. The fourth-order valence-corrected chi connectivity index (χ4v) is 3.56. The molecule has 0 saturated carbocycles. The average molecular weight is 534 g/mol. The van der Waals surface area contributed by atoms with E-state index in [2.05, 4.69) is 34.2 Å². The molecule has 3 aromatic rings. The van der Waals surface area contributed by atoms with Crippen molar-refractivity contribution >= 4 is 40.3 Å². The summed E-state index contributed by atoms with van der Waals surface area (Å²) in [6.07, 6.45) is 7.42. The number of halogens is 2. The van der Waals surface area contributed by atoms with Crippen LogP contribution in [0.15, 0.2) is 36.7 Å². The monoisotopic (exact) mass is 533 g/mol. The van der Waals surface area contributed by atoms with E-state index in [-0.39, 0.29) is 16.5 Å². The predicted octanol–water partition coefficient (Wildman–Crippen LogP) is 5.51. The Hall–Kier alpha value is -3.01.